The molecule has 1 unspecified atom stereocenters. The molecule has 0 spiro atoms. The van der Waals surface area contributed by atoms with Crippen LogP contribution in [0.2, 0.25) is 0 Å². The third-order valence-corrected chi connectivity index (χ3v) is 4.74. The Balaban J connectivity index is 2.19. The molecule has 1 aliphatic heterocycles. The Kier molecular flexibility index (Phi) is 3.17. The van der Waals surface area contributed by atoms with Gasteiger partial charge in [-0.1, -0.05) is 13.0 Å². The molecule has 1 saturated heterocycles. The second-order valence-corrected chi connectivity index (χ2v) is 6.01. The van der Waals surface area contributed by atoms with Crippen molar-refractivity contribution >= 4 is 11.3 Å². The third-order valence-electron chi connectivity index (χ3n) is 3.77. The van der Waals surface area contributed by atoms with Crippen LogP contribution in [0.5, 0.6) is 0 Å². The molecule has 1 atom stereocenters. The molecular weight excluding hydrogens is 202 g/mol. The van der Waals surface area contributed by atoms with Crippen LogP contribution in [0.15, 0.2) is 17.5 Å². The Morgan fingerprint density at radius 1 is 1.53 bits per heavy atom. The first-order valence-corrected chi connectivity index (χ1v) is 6.83. The Bertz CT molecular complexity index is 302. The van der Waals surface area contributed by atoms with Gasteiger partial charge in [-0.25, -0.2) is 0 Å². The summed E-state index contributed by atoms with van der Waals surface area (Å²) in [5, 5.41) is 2.20. The molecule has 2 heteroatoms. The van der Waals surface area contributed by atoms with Crippen molar-refractivity contribution in [2.45, 2.75) is 51.6 Å². The average Bonchev–Trinajstić information content (AvgIpc) is 2.87. The van der Waals surface area contributed by atoms with Crippen molar-refractivity contribution in [3.63, 3.8) is 0 Å². The van der Waals surface area contributed by atoms with E-state index in [1.807, 2.05) is 11.3 Å². The molecule has 15 heavy (non-hydrogen) atoms. The van der Waals surface area contributed by atoms with Crippen LogP contribution in [-0.4, -0.2) is 17.0 Å². The molecule has 1 fully saturated rings. The van der Waals surface area contributed by atoms with Gasteiger partial charge in [0.1, 0.15) is 0 Å². The molecule has 0 radical (unpaired) electrons. The SMILES string of the molecule is CCC(C)(C)N1CCCC1c1cccs1. The van der Waals surface area contributed by atoms with Gasteiger partial charge in [0.15, 0.2) is 0 Å². The molecule has 0 bridgehead atoms. The Morgan fingerprint density at radius 2 is 2.33 bits per heavy atom. The number of hydrogen-bond acceptors (Lipinski definition) is 2. The molecule has 2 heterocycles. The van der Waals surface area contributed by atoms with Gasteiger partial charge in [-0.15, -0.1) is 11.3 Å². The lowest BCUT2D eigenvalue weighted by molar-refractivity contribution is 0.103. The summed E-state index contributed by atoms with van der Waals surface area (Å²) < 4.78 is 0. The van der Waals surface area contributed by atoms with Gasteiger partial charge < -0.3 is 0 Å². The molecule has 1 aromatic rings. The zero-order valence-corrected chi connectivity index (χ0v) is 10.8. The van der Waals surface area contributed by atoms with E-state index >= 15 is 0 Å². The van der Waals surface area contributed by atoms with Crippen LogP contribution >= 0.6 is 11.3 Å². The van der Waals surface area contributed by atoms with E-state index in [2.05, 4.69) is 43.2 Å². The zero-order valence-electron chi connectivity index (χ0n) is 9.99. The molecule has 1 nitrogen and oxygen atoms in total. The van der Waals surface area contributed by atoms with Crippen LogP contribution < -0.4 is 0 Å². The van der Waals surface area contributed by atoms with E-state index in [0.717, 1.165) is 0 Å². The van der Waals surface area contributed by atoms with Crippen LogP contribution in [0, 0.1) is 0 Å². The first kappa shape index (κ1) is 11.2. The predicted molar refractivity (Wildman–Crippen MR) is 67.4 cm³/mol. The lowest BCUT2D eigenvalue weighted by Crippen LogP contribution is -2.42. The Morgan fingerprint density at radius 3 is 2.93 bits per heavy atom. The topological polar surface area (TPSA) is 3.24 Å². The normalized spacial score (nSPS) is 23.5. The van der Waals surface area contributed by atoms with E-state index in [9.17, 15) is 0 Å². The average molecular weight is 223 g/mol. The number of hydrogen-bond donors (Lipinski definition) is 0. The maximum atomic E-state index is 2.69. The molecule has 2 rings (SSSR count). The molecule has 1 aliphatic rings. The number of rotatable bonds is 3. The molecule has 0 amide bonds. The summed E-state index contributed by atoms with van der Waals surface area (Å²) in [4.78, 5) is 4.24. The van der Waals surface area contributed by atoms with Gasteiger partial charge in [0.25, 0.3) is 0 Å². The summed E-state index contributed by atoms with van der Waals surface area (Å²) in [5.41, 5.74) is 0.352. The maximum absolute atomic E-state index is 2.69. The lowest BCUT2D eigenvalue weighted by atomic mass is 9.98. The minimum Gasteiger partial charge on any atom is -0.290 e. The third kappa shape index (κ3) is 2.11. The molecule has 0 aromatic carbocycles. The highest BCUT2D eigenvalue weighted by Crippen LogP contribution is 2.39. The smallest absolute Gasteiger partial charge is 0.0447 e. The first-order valence-electron chi connectivity index (χ1n) is 5.95. The summed E-state index contributed by atoms with van der Waals surface area (Å²) in [6, 6.07) is 5.15. The van der Waals surface area contributed by atoms with Crippen molar-refractivity contribution in [1.82, 2.24) is 4.90 Å². The molecule has 0 saturated carbocycles. The van der Waals surface area contributed by atoms with Crippen LogP contribution in [0.3, 0.4) is 0 Å². The Labute approximate surface area is 97.1 Å². The van der Waals surface area contributed by atoms with Gasteiger partial charge in [0.2, 0.25) is 0 Å². The summed E-state index contributed by atoms with van der Waals surface area (Å²) in [6.45, 7) is 8.31. The molecule has 0 N–H and O–H groups in total. The molecule has 0 aliphatic carbocycles. The van der Waals surface area contributed by atoms with E-state index < -0.39 is 0 Å². The van der Waals surface area contributed by atoms with Crippen molar-refractivity contribution in [1.29, 1.82) is 0 Å². The summed E-state index contributed by atoms with van der Waals surface area (Å²) in [7, 11) is 0. The standard InChI is InChI=1S/C13H21NS/c1-4-13(2,3)14-9-5-7-11(14)12-8-6-10-15-12/h6,8,10-11H,4-5,7,9H2,1-3H3. The van der Waals surface area contributed by atoms with Crippen molar-refractivity contribution in [2.75, 3.05) is 6.54 Å². The van der Waals surface area contributed by atoms with Crippen LogP contribution in [0.1, 0.15) is 51.0 Å². The highest BCUT2D eigenvalue weighted by Gasteiger charge is 2.35. The largest absolute Gasteiger partial charge is 0.290 e. The quantitative estimate of drug-likeness (QED) is 0.746. The van der Waals surface area contributed by atoms with Crippen LogP contribution in [-0.2, 0) is 0 Å². The number of thiophene rings is 1. The van der Waals surface area contributed by atoms with E-state index in [-0.39, 0.29) is 0 Å². The van der Waals surface area contributed by atoms with E-state index in [4.69, 9.17) is 0 Å². The highest BCUT2D eigenvalue weighted by atomic mass is 32.1. The van der Waals surface area contributed by atoms with Crippen LogP contribution in [0.25, 0.3) is 0 Å². The fraction of sp³-hybridized carbons (Fsp3) is 0.692. The Hall–Kier alpha value is -0.340. The van der Waals surface area contributed by atoms with Gasteiger partial charge in [-0.3, -0.25) is 4.90 Å². The van der Waals surface area contributed by atoms with Crippen molar-refractivity contribution in [3.05, 3.63) is 22.4 Å². The summed E-state index contributed by atoms with van der Waals surface area (Å²) in [6.07, 6.45) is 3.92. The molecule has 84 valence electrons. The lowest BCUT2D eigenvalue weighted by Gasteiger charge is -2.39. The summed E-state index contributed by atoms with van der Waals surface area (Å²) in [5.74, 6) is 0. The minimum atomic E-state index is 0.352. The fourth-order valence-electron chi connectivity index (χ4n) is 2.47. The second-order valence-electron chi connectivity index (χ2n) is 5.03. The number of nitrogens with zero attached hydrogens (tertiary/aromatic N) is 1. The van der Waals surface area contributed by atoms with E-state index in [0.29, 0.717) is 11.6 Å². The van der Waals surface area contributed by atoms with Gasteiger partial charge >= 0.3 is 0 Å². The first-order chi connectivity index (χ1) is 7.15. The zero-order chi connectivity index (χ0) is 10.9. The van der Waals surface area contributed by atoms with Crippen molar-refractivity contribution in [2.24, 2.45) is 0 Å². The van der Waals surface area contributed by atoms with E-state index in [1.165, 1.54) is 25.8 Å². The van der Waals surface area contributed by atoms with Crippen molar-refractivity contribution < 1.29 is 0 Å². The van der Waals surface area contributed by atoms with E-state index in [1.54, 1.807) is 4.88 Å². The van der Waals surface area contributed by atoms with Gasteiger partial charge in [0, 0.05) is 16.5 Å². The minimum absolute atomic E-state index is 0.352. The fourth-order valence-corrected chi connectivity index (χ4v) is 3.34. The van der Waals surface area contributed by atoms with Gasteiger partial charge in [-0.2, -0.15) is 0 Å². The molecule has 1 aromatic heterocycles. The molecular formula is C13H21NS. The summed E-state index contributed by atoms with van der Waals surface area (Å²) >= 11 is 1.91. The predicted octanol–water partition coefficient (Wildman–Crippen LogP) is 4.07. The number of likely N-dealkylation sites (tertiary alicyclic amines) is 1. The van der Waals surface area contributed by atoms with Gasteiger partial charge in [0.05, 0.1) is 0 Å². The van der Waals surface area contributed by atoms with Crippen LogP contribution in [0.4, 0.5) is 0 Å². The maximum Gasteiger partial charge on any atom is 0.0447 e. The van der Waals surface area contributed by atoms with Gasteiger partial charge in [-0.05, 0) is 51.1 Å². The monoisotopic (exact) mass is 223 g/mol. The van der Waals surface area contributed by atoms with Crippen molar-refractivity contribution in [3.8, 4) is 0 Å². The highest BCUT2D eigenvalue weighted by molar-refractivity contribution is 7.10. The second kappa shape index (κ2) is 4.26.